The highest BCUT2D eigenvalue weighted by molar-refractivity contribution is 5.70. The number of aromatic amines is 1. The minimum absolute atomic E-state index is 0.0446. The van der Waals surface area contributed by atoms with Gasteiger partial charge < -0.3 is 20.5 Å². The maximum absolute atomic E-state index is 11.5. The van der Waals surface area contributed by atoms with Gasteiger partial charge in [-0.05, 0) is 12.0 Å². The first-order valence-electron chi connectivity index (χ1n) is 5.94. The Labute approximate surface area is 104 Å². The van der Waals surface area contributed by atoms with E-state index >= 15 is 0 Å². The topological polar surface area (TPSA) is 98.2 Å². The largest absolute Gasteiger partial charge is 0.396 e. The minimum Gasteiger partial charge on any atom is -0.396 e. The summed E-state index contributed by atoms with van der Waals surface area (Å²) in [5.74, 6) is -0.154. The normalized spacial score (nSPS) is 13.8. The molecule has 2 rings (SSSR count). The average Bonchev–Trinajstić information content (AvgIpc) is 2.80. The zero-order valence-electron chi connectivity index (χ0n) is 10.0. The fraction of sp³-hybridized carbons (Fsp3) is 0.500. The molecule has 1 aliphatic rings. The SMILES string of the molecule is O=c1[nH]cnc2c1CC=C2CNCC(CO)CO. The van der Waals surface area contributed by atoms with E-state index in [1.807, 2.05) is 6.08 Å². The molecule has 1 heterocycles. The number of aliphatic hydroxyl groups is 2. The smallest absolute Gasteiger partial charge is 0.254 e. The third-order valence-electron chi connectivity index (χ3n) is 3.07. The zero-order valence-corrected chi connectivity index (χ0v) is 10.0. The van der Waals surface area contributed by atoms with Crippen molar-refractivity contribution in [3.8, 4) is 0 Å². The molecule has 98 valence electrons. The quantitative estimate of drug-likeness (QED) is 0.514. The summed E-state index contributed by atoms with van der Waals surface area (Å²) >= 11 is 0. The lowest BCUT2D eigenvalue weighted by molar-refractivity contribution is 0.149. The van der Waals surface area contributed by atoms with Crippen molar-refractivity contribution >= 4 is 5.57 Å². The van der Waals surface area contributed by atoms with Crippen LogP contribution in [-0.4, -0.2) is 46.5 Å². The number of aromatic nitrogens is 2. The van der Waals surface area contributed by atoms with Crippen molar-refractivity contribution < 1.29 is 10.2 Å². The molecular formula is C12H17N3O3. The second-order valence-electron chi connectivity index (χ2n) is 4.35. The van der Waals surface area contributed by atoms with E-state index in [1.54, 1.807) is 0 Å². The molecule has 1 aromatic heterocycles. The van der Waals surface area contributed by atoms with Crippen molar-refractivity contribution in [1.29, 1.82) is 0 Å². The standard InChI is InChI=1S/C12H17N3O3/c16-5-8(6-17)3-13-4-9-1-2-10-11(9)14-7-15-12(10)18/h1,7-8,13,16-17H,2-6H2,(H,14,15,18). The highest BCUT2D eigenvalue weighted by atomic mass is 16.3. The van der Waals surface area contributed by atoms with Crippen LogP contribution in [-0.2, 0) is 6.42 Å². The number of nitrogens with zero attached hydrogens (tertiary/aromatic N) is 1. The summed E-state index contributed by atoms with van der Waals surface area (Å²) in [7, 11) is 0. The van der Waals surface area contributed by atoms with Gasteiger partial charge in [0, 0.05) is 37.8 Å². The number of H-pyrrole nitrogens is 1. The molecule has 4 N–H and O–H groups in total. The fourth-order valence-corrected chi connectivity index (χ4v) is 1.97. The summed E-state index contributed by atoms with van der Waals surface area (Å²) in [6, 6.07) is 0. The summed E-state index contributed by atoms with van der Waals surface area (Å²) in [4.78, 5) is 18.3. The number of hydrogen-bond donors (Lipinski definition) is 4. The summed E-state index contributed by atoms with van der Waals surface area (Å²) < 4.78 is 0. The van der Waals surface area contributed by atoms with Gasteiger partial charge in [-0.15, -0.1) is 0 Å². The lowest BCUT2D eigenvalue weighted by Crippen LogP contribution is -2.28. The molecule has 0 bridgehead atoms. The van der Waals surface area contributed by atoms with Crippen molar-refractivity contribution in [3.63, 3.8) is 0 Å². The van der Waals surface area contributed by atoms with Gasteiger partial charge in [-0.2, -0.15) is 0 Å². The molecule has 1 aliphatic carbocycles. The van der Waals surface area contributed by atoms with E-state index in [0.29, 0.717) is 25.1 Å². The molecule has 18 heavy (non-hydrogen) atoms. The average molecular weight is 251 g/mol. The van der Waals surface area contributed by atoms with E-state index in [0.717, 1.165) is 11.3 Å². The first-order valence-corrected chi connectivity index (χ1v) is 5.94. The molecule has 0 radical (unpaired) electrons. The van der Waals surface area contributed by atoms with E-state index in [-0.39, 0.29) is 24.7 Å². The number of fused-ring (bicyclic) bond motifs is 1. The van der Waals surface area contributed by atoms with Crippen LogP contribution in [0.2, 0.25) is 0 Å². The van der Waals surface area contributed by atoms with Crippen LogP contribution in [0.25, 0.3) is 5.57 Å². The van der Waals surface area contributed by atoms with E-state index in [1.165, 1.54) is 6.33 Å². The van der Waals surface area contributed by atoms with Crippen LogP contribution in [0.1, 0.15) is 11.3 Å². The van der Waals surface area contributed by atoms with Gasteiger partial charge in [-0.1, -0.05) is 6.08 Å². The van der Waals surface area contributed by atoms with Crippen LogP contribution in [0.15, 0.2) is 17.2 Å². The van der Waals surface area contributed by atoms with Crippen LogP contribution < -0.4 is 10.9 Å². The lowest BCUT2D eigenvalue weighted by Gasteiger charge is -2.12. The van der Waals surface area contributed by atoms with Crippen LogP contribution in [0, 0.1) is 5.92 Å². The highest BCUT2D eigenvalue weighted by Crippen LogP contribution is 2.21. The monoisotopic (exact) mass is 251 g/mol. The summed E-state index contributed by atoms with van der Waals surface area (Å²) in [5, 5.41) is 21.0. The van der Waals surface area contributed by atoms with Gasteiger partial charge in [-0.25, -0.2) is 4.98 Å². The maximum Gasteiger partial charge on any atom is 0.254 e. The second kappa shape index (κ2) is 5.90. The third kappa shape index (κ3) is 2.66. The molecule has 1 aromatic rings. The number of nitrogens with one attached hydrogen (secondary N) is 2. The van der Waals surface area contributed by atoms with Crippen LogP contribution in [0.3, 0.4) is 0 Å². The molecule has 0 fully saturated rings. The van der Waals surface area contributed by atoms with Crippen molar-refractivity contribution in [3.05, 3.63) is 34.0 Å². The zero-order chi connectivity index (χ0) is 13.0. The van der Waals surface area contributed by atoms with Crippen LogP contribution in [0.4, 0.5) is 0 Å². The van der Waals surface area contributed by atoms with Crippen molar-refractivity contribution in [1.82, 2.24) is 15.3 Å². The number of allylic oxidation sites excluding steroid dienone is 1. The van der Waals surface area contributed by atoms with Gasteiger partial charge in [0.05, 0.1) is 12.0 Å². The van der Waals surface area contributed by atoms with Crippen molar-refractivity contribution in [2.45, 2.75) is 6.42 Å². The first kappa shape index (κ1) is 12.9. The van der Waals surface area contributed by atoms with E-state index < -0.39 is 0 Å². The Kier molecular flexibility index (Phi) is 4.24. The van der Waals surface area contributed by atoms with Crippen LogP contribution in [0.5, 0.6) is 0 Å². The van der Waals surface area contributed by atoms with Gasteiger partial charge >= 0.3 is 0 Å². The number of hydrogen-bond acceptors (Lipinski definition) is 5. The van der Waals surface area contributed by atoms with Crippen molar-refractivity contribution in [2.24, 2.45) is 5.92 Å². The third-order valence-corrected chi connectivity index (χ3v) is 3.07. The molecule has 0 saturated carbocycles. The molecule has 0 atom stereocenters. The Balaban J connectivity index is 1.94. The number of rotatable bonds is 6. The molecule has 6 heteroatoms. The van der Waals surface area contributed by atoms with Crippen LogP contribution >= 0.6 is 0 Å². The Morgan fingerprint density at radius 3 is 2.94 bits per heavy atom. The second-order valence-corrected chi connectivity index (χ2v) is 4.35. The molecule has 0 saturated heterocycles. The van der Waals surface area contributed by atoms with Gasteiger partial charge in [0.25, 0.3) is 5.56 Å². The molecule has 6 nitrogen and oxygen atoms in total. The van der Waals surface area contributed by atoms with E-state index in [9.17, 15) is 4.79 Å². The Bertz CT molecular complexity index is 492. The molecule has 0 unspecified atom stereocenters. The molecule has 0 amide bonds. The molecule has 0 aromatic carbocycles. The van der Waals surface area contributed by atoms with E-state index in [2.05, 4.69) is 15.3 Å². The Hall–Kier alpha value is -1.50. The predicted molar refractivity (Wildman–Crippen MR) is 67.1 cm³/mol. The summed E-state index contributed by atoms with van der Waals surface area (Å²) in [6.07, 6.45) is 4.00. The maximum atomic E-state index is 11.5. The fourth-order valence-electron chi connectivity index (χ4n) is 1.97. The van der Waals surface area contributed by atoms with Gasteiger partial charge in [0.1, 0.15) is 0 Å². The van der Waals surface area contributed by atoms with Crippen molar-refractivity contribution in [2.75, 3.05) is 26.3 Å². The Morgan fingerprint density at radius 1 is 1.44 bits per heavy atom. The molecular weight excluding hydrogens is 234 g/mol. The summed E-state index contributed by atoms with van der Waals surface area (Å²) in [6.45, 7) is 1.02. The molecule has 0 spiro atoms. The lowest BCUT2D eigenvalue weighted by atomic mass is 10.1. The molecule has 0 aliphatic heterocycles. The summed E-state index contributed by atoms with van der Waals surface area (Å²) in [5.41, 5.74) is 2.35. The minimum atomic E-state index is -0.154. The highest BCUT2D eigenvalue weighted by Gasteiger charge is 2.18. The van der Waals surface area contributed by atoms with Gasteiger partial charge in [0.15, 0.2) is 0 Å². The Morgan fingerprint density at radius 2 is 2.22 bits per heavy atom. The van der Waals surface area contributed by atoms with Gasteiger partial charge in [0.2, 0.25) is 0 Å². The van der Waals surface area contributed by atoms with E-state index in [4.69, 9.17) is 10.2 Å². The number of aliphatic hydroxyl groups excluding tert-OH is 2. The first-order chi connectivity index (χ1) is 8.76. The van der Waals surface area contributed by atoms with Gasteiger partial charge in [-0.3, -0.25) is 4.79 Å². The predicted octanol–water partition coefficient (Wildman–Crippen LogP) is -1.10.